The average molecular weight is 336 g/mol. The Morgan fingerprint density at radius 1 is 1.40 bits per heavy atom. The maximum absolute atomic E-state index is 10.8. The summed E-state index contributed by atoms with van der Waals surface area (Å²) in [5.74, 6) is -0.291. The van der Waals surface area contributed by atoms with E-state index in [-0.39, 0.29) is 5.75 Å². The van der Waals surface area contributed by atoms with Gasteiger partial charge in [0.2, 0.25) is 0 Å². The molecular formula is C10H8Br2O3. The van der Waals surface area contributed by atoms with Crippen LogP contribution in [0.5, 0.6) is 5.75 Å². The summed E-state index contributed by atoms with van der Waals surface area (Å²) in [5.41, 5.74) is 0.775. The van der Waals surface area contributed by atoms with Crippen LogP contribution in [0.1, 0.15) is 5.56 Å². The van der Waals surface area contributed by atoms with Crippen molar-refractivity contribution in [2.24, 2.45) is 0 Å². The van der Waals surface area contributed by atoms with E-state index in [0.717, 1.165) is 5.56 Å². The predicted octanol–water partition coefficient (Wildman–Crippen LogP) is 3.10. The van der Waals surface area contributed by atoms with E-state index in [2.05, 4.69) is 36.6 Å². The second-order valence-electron chi connectivity index (χ2n) is 2.69. The van der Waals surface area contributed by atoms with Crippen molar-refractivity contribution < 1.29 is 14.6 Å². The first-order valence-electron chi connectivity index (χ1n) is 3.98. The fourth-order valence-corrected chi connectivity index (χ4v) is 2.14. The summed E-state index contributed by atoms with van der Waals surface area (Å²) in [4.78, 5) is 10.8. The minimum Gasteiger partial charge on any atom is -0.506 e. The number of ether oxygens (including phenoxy) is 1. The molecule has 1 N–H and O–H groups in total. The Morgan fingerprint density at radius 2 is 1.93 bits per heavy atom. The van der Waals surface area contributed by atoms with E-state index >= 15 is 0 Å². The maximum Gasteiger partial charge on any atom is 0.330 e. The Labute approximate surface area is 104 Å². The van der Waals surface area contributed by atoms with Crippen LogP contribution >= 0.6 is 31.9 Å². The van der Waals surface area contributed by atoms with Crippen molar-refractivity contribution in [2.45, 2.75) is 0 Å². The molecule has 0 aliphatic rings. The Bertz CT molecular complexity index is 390. The van der Waals surface area contributed by atoms with Gasteiger partial charge in [0.15, 0.2) is 0 Å². The van der Waals surface area contributed by atoms with Gasteiger partial charge in [-0.1, -0.05) is 0 Å². The van der Waals surface area contributed by atoms with Crippen molar-refractivity contribution in [3.05, 3.63) is 32.7 Å². The Balaban J connectivity index is 2.97. The molecule has 0 aliphatic carbocycles. The molecule has 1 aromatic carbocycles. The smallest absolute Gasteiger partial charge is 0.330 e. The summed E-state index contributed by atoms with van der Waals surface area (Å²) in [7, 11) is 1.31. The number of carbonyl (C=O) groups excluding carboxylic acids is 1. The second kappa shape index (κ2) is 5.32. The van der Waals surface area contributed by atoms with E-state index < -0.39 is 5.97 Å². The van der Waals surface area contributed by atoms with Crippen molar-refractivity contribution in [3.63, 3.8) is 0 Å². The van der Waals surface area contributed by atoms with E-state index in [9.17, 15) is 9.90 Å². The molecule has 15 heavy (non-hydrogen) atoms. The number of carbonyl (C=O) groups is 1. The first kappa shape index (κ1) is 12.3. The largest absolute Gasteiger partial charge is 0.506 e. The number of benzene rings is 1. The van der Waals surface area contributed by atoms with Crippen LogP contribution in [0.25, 0.3) is 6.08 Å². The fourth-order valence-electron chi connectivity index (χ4n) is 0.914. The van der Waals surface area contributed by atoms with Gasteiger partial charge in [-0.05, 0) is 55.6 Å². The summed E-state index contributed by atoms with van der Waals surface area (Å²) >= 11 is 6.38. The van der Waals surface area contributed by atoms with E-state index in [1.165, 1.54) is 13.2 Å². The first-order valence-corrected chi connectivity index (χ1v) is 5.57. The average Bonchev–Trinajstić information content (AvgIpc) is 2.22. The van der Waals surface area contributed by atoms with E-state index in [1.54, 1.807) is 18.2 Å². The van der Waals surface area contributed by atoms with Gasteiger partial charge in [0, 0.05) is 6.08 Å². The highest BCUT2D eigenvalue weighted by atomic mass is 79.9. The van der Waals surface area contributed by atoms with Gasteiger partial charge in [-0.3, -0.25) is 0 Å². The zero-order chi connectivity index (χ0) is 11.4. The number of hydrogen-bond acceptors (Lipinski definition) is 3. The highest BCUT2D eigenvalue weighted by Crippen LogP contribution is 2.33. The van der Waals surface area contributed by atoms with Gasteiger partial charge in [0.05, 0.1) is 16.1 Å². The van der Waals surface area contributed by atoms with Crippen LogP contribution in [0, 0.1) is 0 Å². The van der Waals surface area contributed by atoms with Gasteiger partial charge >= 0.3 is 5.97 Å². The van der Waals surface area contributed by atoms with Crippen LogP contribution < -0.4 is 0 Å². The number of halogens is 2. The summed E-state index contributed by atoms with van der Waals surface area (Å²) < 4.78 is 5.57. The lowest BCUT2D eigenvalue weighted by molar-refractivity contribution is -0.134. The highest BCUT2D eigenvalue weighted by molar-refractivity contribution is 9.11. The number of rotatable bonds is 2. The standard InChI is InChI=1S/C10H8Br2O3/c1-15-9(13)3-2-6-4-7(11)10(14)8(12)5-6/h2-5,14H,1H3/b3-2+. The molecular weight excluding hydrogens is 328 g/mol. The summed E-state index contributed by atoms with van der Waals surface area (Å²) in [6.07, 6.45) is 2.91. The molecule has 0 radical (unpaired) electrons. The van der Waals surface area contributed by atoms with Gasteiger partial charge in [-0.25, -0.2) is 4.79 Å². The molecule has 0 atom stereocenters. The normalized spacial score (nSPS) is 10.6. The second-order valence-corrected chi connectivity index (χ2v) is 4.40. The van der Waals surface area contributed by atoms with Crippen molar-refractivity contribution in [2.75, 3.05) is 7.11 Å². The molecule has 3 nitrogen and oxygen atoms in total. The van der Waals surface area contributed by atoms with Gasteiger partial charge in [-0.2, -0.15) is 0 Å². The van der Waals surface area contributed by atoms with Crippen LogP contribution in [0.2, 0.25) is 0 Å². The number of esters is 1. The zero-order valence-electron chi connectivity index (χ0n) is 7.83. The van der Waals surface area contributed by atoms with Gasteiger partial charge < -0.3 is 9.84 Å². The molecule has 0 aromatic heterocycles. The van der Waals surface area contributed by atoms with Gasteiger partial charge in [-0.15, -0.1) is 0 Å². The molecule has 0 unspecified atom stereocenters. The maximum atomic E-state index is 10.8. The molecule has 0 amide bonds. The quantitative estimate of drug-likeness (QED) is 0.667. The molecule has 5 heteroatoms. The van der Waals surface area contributed by atoms with Crippen LogP contribution in [0.3, 0.4) is 0 Å². The van der Waals surface area contributed by atoms with E-state index in [4.69, 9.17) is 0 Å². The molecule has 0 aliphatic heterocycles. The third kappa shape index (κ3) is 3.35. The Morgan fingerprint density at radius 3 is 2.40 bits per heavy atom. The minimum atomic E-state index is -0.421. The molecule has 0 fully saturated rings. The fraction of sp³-hybridized carbons (Fsp3) is 0.100. The van der Waals surface area contributed by atoms with Crippen molar-refractivity contribution in [1.29, 1.82) is 0 Å². The molecule has 1 aromatic rings. The van der Waals surface area contributed by atoms with Crippen LogP contribution in [0.4, 0.5) is 0 Å². The Hall–Kier alpha value is -0.810. The van der Waals surface area contributed by atoms with Crippen molar-refractivity contribution in [3.8, 4) is 5.75 Å². The highest BCUT2D eigenvalue weighted by Gasteiger charge is 2.04. The minimum absolute atomic E-state index is 0.130. The zero-order valence-corrected chi connectivity index (χ0v) is 11.0. The predicted molar refractivity (Wildman–Crippen MR) is 64.6 cm³/mol. The van der Waals surface area contributed by atoms with Crippen LogP contribution in [-0.4, -0.2) is 18.2 Å². The van der Waals surface area contributed by atoms with Crippen LogP contribution in [0.15, 0.2) is 27.2 Å². The summed E-state index contributed by atoms with van der Waals surface area (Å²) in [6, 6.07) is 3.39. The molecule has 80 valence electrons. The third-order valence-corrected chi connectivity index (χ3v) is 2.86. The SMILES string of the molecule is COC(=O)/C=C/c1cc(Br)c(O)c(Br)c1. The topological polar surface area (TPSA) is 46.5 Å². The number of phenolic OH excluding ortho intramolecular Hbond substituents is 1. The lowest BCUT2D eigenvalue weighted by Crippen LogP contribution is -1.93. The van der Waals surface area contributed by atoms with Gasteiger partial charge in [0.25, 0.3) is 0 Å². The first-order chi connectivity index (χ1) is 7.04. The lowest BCUT2D eigenvalue weighted by Gasteiger charge is -2.01. The van der Waals surface area contributed by atoms with Gasteiger partial charge in [0.1, 0.15) is 5.75 Å². The van der Waals surface area contributed by atoms with E-state index in [1.807, 2.05) is 0 Å². The molecule has 0 heterocycles. The molecule has 0 saturated carbocycles. The van der Waals surface area contributed by atoms with Crippen LogP contribution in [-0.2, 0) is 9.53 Å². The molecule has 1 rings (SSSR count). The summed E-state index contributed by atoms with van der Waals surface area (Å²) in [6.45, 7) is 0. The number of aromatic hydroxyl groups is 1. The van der Waals surface area contributed by atoms with E-state index in [0.29, 0.717) is 8.95 Å². The lowest BCUT2D eigenvalue weighted by atomic mass is 10.2. The number of methoxy groups -OCH3 is 1. The molecule has 0 spiro atoms. The van der Waals surface area contributed by atoms with Crippen molar-refractivity contribution >= 4 is 43.9 Å². The third-order valence-electron chi connectivity index (χ3n) is 1.65. The Kier molecular flexibility index (Phi) is 4.35. The molecule has 0 saturated heterocycles. The number of phenols is 1. The monoisotopic (exact) mass is 334 g/mol. The summed E-state index contributed by atoms with van der Waals surface area (Å²) in [5, 5.41) is 9.44. The van der Waals surface area contributed by atoms with Crippen molar-refractivity contribution in [1.82, 2.24) is 0 Å². The number of hydrogen-bond donors (Lipinski definition) is 1. The molecule has 0 bridgehead atoms.